The molecule has 0 amide bonds. The maximum Gasteiger partial charge on any atom is 0.240 e. The molecule has 4 nitrogen and oxygen atoms in total. The van der Waals surface area contributed by atoms with Gasteiger partial charge in [-0.1, -0.05) is 26.8 Å². The third-order valence-electron chi connectivity index (χ3n) is 3.15. The zero-order valence-corrected chi connectivity index (χ0v) is 12.2. The van der Waals surface area contributed by atoms with Crippen LogP contribution in [0.2, 0.25) is 0 Å². The second kappa shape index (κ2) is 5.71. The monoisotopic (exact) mass is 270 g/mol. The molecule has 1 rings (SSSR count). The summed E-state index contributed by atoms with van der Waals surface area (Å²) in [6.07, 6.45) is 0.794. The molecule has 0 saturated carbocycles. The van der Waals surface area contributed by atoms with E-state index in [4.69, 9.17) is 5.73 Å². The van der Waals surface area contributed by atoms with E-state index in [-0.39, 0.29) is 16.9 Å². The number of rotatable bonds is 5. The van der Waals surface area contributed by atoms with Crippen LogP contribution in [-0.4, -0.2) is 14.5 Å². The van der Waals surface area contributed by atoms with E-state index in [9.17, 15) is 8.42 Å². The van der Waals surface area contributed by atoms with E-state index in [1.807, 2.05) is 27.7 Å². The van der Waals surface area contributed by atoms with Gasteiger partial charge < -0.3 is 5.73 Å². The van der Waals surface area contributed by atoms with Gasteiger partial charge in [0.05, 0.1) is 4.90 Å². The van der Waals surface area contributed by atoms with Crippen LogP contribution in [-0.2, 0) is 16.4 Å². The lowest BCUT2D eigenvalue weighted by molar-refractivity contribution is 0.476. The van der Waals surface area contributed by atoms with Gasteiger partial charge in [0.2, 0.25) is 10.0 Å². The predicted octanol–water partition coefficient (Wildman–Crippen LogP) is 2.15. The Balaban J connectivity index is 3.02. The second-order valence-corrected chi connectivity index (χ2v) is 6.58. The van der Waals surface area contributed by atoms with Crippen molar-refractivity contribution in [1.29, 1.82) is 0 Å². The Labute approximate surface area is 110 Å². The average Bonchev–Trinajstić information content (AvgIpc) is 2.28. The fourth-order valence-electron chi connectivity index (χ4n) is 1.51. The normalized spacial score (nSPS) is 13.8. The van der Waals surface area contributed by atoms with Crippen molar-refractivity contribution in [1.82, 2.24) is 4.72 Å². The van der Waals surface area contributed by atoms with E-state index in [1.54, 1.807) is 12.1 Å². The molecule has 0 aliphatic carbocycles. The molecule has 0 fully saturated rings. The van der Waals surface area contributed by atoms with Crippen LogP contribution < -0.4 is 10.5 Å². The molecular weight excluding hydrogens is 248 g/mol. The second-order valence-electron chi connectivity index (χ2n) is 4.87. The molecule has 0 aliphatic rings. The van der Waals surface area contributed by atoms with Gasteiger partial charge in [-0.2, -0.15) is 0 Å². The van der Waals surface area contributed by atoms with Gasteiger partial charge in [-0.15, -0.1) is 0 Å². The van der Waals surface area contributed by atoms with Gasteiger partial charge in [-0.05, 0) is 37.0 Å². The SMILES string of the molecule is CCc1ccc(S(=O)(=O)NC(C)C(C)C)cc1N. The number of sulfonamides is 1. The zero-order chi connectivity index (χ0) is 13.9. The van der Waals surface area contributed by atoms with Crippen molar-refractivity contribution in [3.8, 4) is 0 Å². The van der Waals surface area contributed by atoms with Gasteiger partial charge in [0, 0.05) is 11.7 Å². The van der Waals surface area contributed by atoms with E-state index in [0.29, 0.717) is 5.69 Å². The maximum absolute atomic E-state index is 12.1. The molecule has 18 heavy (non-hydrogen) atoms. The standard InChI is InChI=1S/C13H22N2O2S/c1-5-11-6-7-12(8-13(11)14)18(16,17)15-10(4)9(2)3/h6-10,15H,5,14H2,1-4H3. The van der Waals surface area contributed by atoms with E-state index in [1.165, 1.54) is 6.07 Å². The first-order valence-corrected chi connectivity index (χ1v) is 7.67. The van der Waals surface area contributed by atoms with Crippen LogP contribution in [0, 0.1) is 5.92 Å². The molecule has 0 aliphatic heterocycles. The highest BCUT2D eigenvalue weighted by Crippen LogP contribution is 2.19. The summed E-state index contributed by atoms with van der Waals surface area (Å²) in [7, 11) is -3.48. The van der Waals surface area contributed by atoms with Crippen molar-refractivity contribution >= 4 is 15.7 Å². The Morgan fingerprint density at radius 2 is 1.89 bits per heavy atom. The molecule has 3 N–H and O–H groups in total. The van der Waals surface area contributed by atoms with Crippen molar-refractivity contribution in [3.63, 3.8) is 0 Å². The highest BCUT2D eigenvalue weighted by atomic mass is 32.2. The maximum atomic E-state index is 12.1. The van der Waals surface area contributed by atoms with Crippen molar-refractivity contribution in [2.75, 3.05) is 5.73 Å². The summed E-state index contributed by atoms with van der Waals surface area (Å²) in [5.74, 6) is 0.243. The summed E-state index contributed by atoms with van der Waals surface area (Å²) in [5.41, 5.74) is 7.32. The molecule has 0 bridgehead atoms. The fraction of sp³-hybridized carbons (Fsp3) is 0.538. The van der Waals surface area contributed by atoms with Crippen molar-refractivity contribution < 1.29 is 8.42 Å². The van der Waals surface area contributed by atoms with Crippen molar-refractivity contribution in [2.24, 2.45) is 5.92 Å². The minimum Gasteiger partial charge on any atom is -0.398 e. The fourth-order valence-corrected chi connectivity index (χ4v) is 2.94. The summed E-state index contributed by atoms with van der Waals surface area (Å²) in [5, 5.41) is 0. The van der Waals surface area contributed by atoms with Gasteiger partial charge in [-0.25, -0.2) is 13.1 Å². The number of nitrogen functional groups attached to an aromatic ring is 1. The van der Waals surface area contributed by atoms with E-state index in [2.05, 4.69) is 4.72 Å². The highest BCUT2D eigenvalue weighted by molar-refractivity contribution is 7.89. The van der Waals surface area contributed by atoms with Crippen LogP contribution in [0.5, 0.6) is 0 Å². The Kier molecular flexibility index (Phi) is 4.76. The molecule has 5 heteroatoms. The van der Waals surface area contributed by atoms with Crippen molar-refractivity contribution in [2.45, 2.75) is 45.1 Å². The number of benzene rings is 1. The third kappa shape index (κ3) is 3.46. The van der Waals surface area contributed by atoms with Gasteiger partial charge in [0.15, 0.2) is 0 Å². The van der Waals surface area contributed by atoms with E-state index < -0.39 is 10.0 Å². The first-order valence-electron chi connectivity index (χ1n) is 6.18. The molecule has 1 aromatic rings. The first kappa shape index (κ1) is 15.0. The molecular formula is C13H22N2O2S. The quantitative estimate of drug-likeness (QED) is 0.805. The van der Waals surface area contributed by atoms with Crippen LogP contribution >= 0.6 is 0 Å². The molecule has 1 atom stereocenters. The van der Waals surface area contributed by atoms with Crippen molar-refractivity contribution in [3.05, 3.63) is 23.8 Å². The van der Waals surface area contributed by atoms with E-state index >= 15 is 0 Å². The van der Waals surface area contributed by atoms with Crippen LogP contribution in [0.25, 0.3) is 0 Å². The van der Waals surface area contributed by atoms with Gasteiger partial charge in [0.25, 0.3) is 0 Å². The van der Waals surface area contributed by atoms with Crippen LogP contribution in [0.4, 0.5) is 5.69 Å². The Bertz CT molecular complexity index is 510. The van der Waals surface area contributed by atoms with Gasteiger partial charge in [-0.3, -0.25) is 0 Å². The number of aryl methyl sites for hydroxylation is 1. The van der Waals surface area contributed by atoms with Crippen LogP contribution in [0.15, 0.2) is 23.1 Å². The molecule has 1 unspecified atom stereocenters. The van der Waals surface area contributed by atoms with Gasteiger partial charge in [0.1, 0.15) is 0 Å². The lowest BCUT2D eigenvalue weighted by Gasteiger charge is -2.18. The molecule has 0 aromatic heterocycles. The Hall–Kier alpha value is -1.07. The number of hydrogen-bond acceptors (Lipinski definition) is 3. The highest BCUT2D eigenvalue weighted by Gasteiger charge is 2.19. The zero-order valence-electron chi connectivity index (χ0n) is 11.4. The smallest absolute Gasteiger partial charge is 0.240 e. The first-order chi connectivity index (χ1) is 8.27. The molecule has 0 saturated heterocycles. The summed E-state index contributed by atoms with van der Waals surface area (Å²) in [4.78, 5) is 0.227. The van der Waals surface area contributed by atoms with Crippen LogP contribution in [0.1, 0.15) is 33.3 Å². The number of nitrogens with one attached hydrogen (secondary N) is 1. The summed E-state index contributed by atoms with van der Waals surface area (Å²) < 4.78 is 26.9. The minimum absolute atomic E-state index is 0.109. The number of anilines is 1. The summed E-state index contributed by atoms with van der Waals surface area (Å²) in [6, 6.07) is 4.78. The molecule has 0 spiro atoms. The Morgan fingerprint density at radius 1 is 1.28 bits per heavy atom. The summed E-state index contributed by atoms with van der Waals surface area (Å²) >= 11 is 0. The lowest BCUT2D eigenvalue weighted by atomic mass is 10.1. The largest absolute Gasteiger partial charge is 0.398 e. The molecule has 1 aromatic carbocycles. The molecule has 0 heterocycles. The third-order valence-corrected chi connectivity index (χ3v) is 4.71. The minimum atomic E-state index is -3.48. The topological polar surface area (TPSA) is 72.2 Å². The van der Waals surface area contributed by atoms with Gasteiger partial charge >= 0.3 is 0 Å². The molecule has 102 valence electrons. The predicted molar refractivity (Wildman–Crippen MR) is 74.9 cm³/mol. The molecule has 0 radical (unpaired) electrons. The summed E-state index contributed by atoms with van der Waals surface area (Å²) in [6.45, 7) is 7.79. The number of nitrogens with two attached hydrogens (primary N) is 1. The van der Waals surface area contributed by atoms with E-state index in [0.717, 1.165) is 12.0 Å². The lowest BCUT2D eigenvalue weighted by Crippen LogP contribution is -2.36. The van der Waals surface area contributed by atoms with Crippen LogP contribution in [0.3, 0.4) is 0 Å². The average molecular weight is 270 g/mol. The Morgan fingerprint density at radius 3 is 2.33 bits per heavy atom. The number of hydrogen-bond donors (Lipinski definition) is 2.